The molecule has 4 aromatic rings. The van der Waals surface area contributed by atoms with E-state index in [1.165, 1.54) is 37.4 Å². The average Bonchev–Trinajstić information content (AvgIpc) is 3.38. The molecule has 1 unspecified atom stereocenters. The summed E-state index contributed by atoms with van der Waals surface area (Å²) in [4.78, 5) is 27.6. The van der Waals surface area contributed by atoms with Crippen LogP contribution in [0.1, 0.15) is 22.2 Å². The van der Waals surface area contributed by atoms with Crippen LogP contribution in [-0.2, 0) is 4.79 Å². The molecule has 0 bridgehead atoms. The molecular formula is C26H15ClF3NO5. The predicted molar refractivity (Wildman–Crippen MR) is 125 cm³/mol. The lowest BCUT2D eigenvalue weighted by atomic mass is 9.94. The molecule has 5 rings (SSSR count). The van der Waals surface area contributed by atoms with Crippen molar-refractivity contribution in [2.75, 3.05) is 12.0 Å². The highest BCUT2D eigenvalue weighted by atomic mass is 35.5. The van der Waals surface area contributed by atoms with E-state index in [1.54, 1.807) is 0 Å². The zero-order chi connectivity index (χ0) is 25.7. The molecule has 182 valence electrons. The summed E-state index contributed by atoms with van der Waals surface area (Å²) < 4.78 is 52.9. The summed E-state index contributed by atoms with van der Waals surface area (Å²) in [5, 5.41) is 11.5. The highest BCUT2D eigenvalue weighted by molar-refractivity contribution is 6.31. The SMILES string of the molecule is COc1cc(Cl)cc2cc(C(=O)C3=C(O)C(=O)N(c4ccc(F)cc4F)C3c3ccc(F)cc3)oc12. The molecule has 36 heavy (non-hydrogen) atoms. The fourth-order valence-corrected chi connectivity index (χ4v) is 4.42. The predicted octanol–water partition coefficient (Wildman–Crippen LogP) is 6.30. The van der Waals surface area contributed by atoms with E-state index in [0.717, 1.165) is 29.2 Å². The number of Topliss-reactive ketones (excluding diaryl/α,β-unsaturated/α-hetero) is 1. The molecule has 6 nitrogen and oxygen atoms in total. The molecule has 1 atom stereocenters. The van der Waals surface area contributed by atoms with Crippen LogP contribution in [0.2, 0.25) is 5.02 Å². The Balaban J connectivity index is 1.68. The van der Waals surface area contributed by atoms with E-state index in [-0.39, 0.29) is 28.3 Å². The molecule has 0 fully saturated rings. The van der Waals surface area contributed by atoms with Crippen molar-refractivity contribution in [3.63, 3.8) is 0 Å². The van der Waals surface area contributed by atoms with Crippen molar-refractivity contribution in [2.45, 2.75) is 6.04 Å². The van der Waals surface area contributed by atoms with Crippen LogP contribution in [0.3, 0.4) is 0 Å². The van der Waals surface area contributed by atoms with Gasteiger partial charge in [0.1, 0.15) is 17.5 Å². The zero-order valence-electron chi connectivity index (χ0n) is 18.4. The Morgan fingerprint density at radius 2 is 1.72 bits per heavy atom. The van der Waals surface area contributed by atoms with Gasteiger partial charge < -0.3 is 14.3 Å². The number of hydrogen-bond acceptors (Lipinski definition) is 5. The van der Waals surface area contributed by atoms with Crippen molar-refractivity contribution in [3.05, 3.63) is 106 Å². The number of carbonyl (C=O) groups is 2. The molecular weight excluding hydrogens is 499 g/mol. The van der Waals surface area contributed by atoms with Crippen molar-refractivity contribution in [1.82, 2.24) is 0 Å². The van der Waals surface area contributed by atoms with Gasteiger partial charge in [-0.2, -0.15) is 0 Å². The first kappa shape index (κ1) is 23.5. The second kappa shape index (κ2) is 8.76. The number of benzene rings is 3. The molecule has 0 saturated heterocycles. The number of ether oxygens (including phenoxy) is 1. The largest absolute Gasteiger partial charge is 0.503 e. The van der Waals surface area contributed by atoms with E-state index in [2.05, 4.69) is 0 Å². The third-order valence-electron chi connectivity index (χ3n) is 5.80. The van der Waals surface area contributed by atoms with Gasteiger partial charge in [-0.05, 0) is 42.0 Å². The maximum absolute atomic E-state index is 14.7. The Kier molecular flexibility index (Phi) is 5.72. The number of hydrogen-bond donors (Lipinski definition) is 1. The second-order valence-corrected chi connectivity index (χ2v) is 8.39. The summed E-state index contributed by atoms with van der Waals surface area (Å²) in [5.41, 5.74) is -0.422. The maximum atomic E-state index is 14.7. The van der Waals surface area contributed by atoms with Gasteiger partial charge in [0.05, 0.1) is 24.4 Å². The van der Waals surface area contributed by atoms with Gasteiger partial charge in [-0.25, -0.2) is 13.2 Å². The molecule has 1 amide bonds. The monoisotopic (exact) mass is 513 g/mol. The number of rotatable bonds is 5. The molecule has 1 aromatic heterocycles. The normalized spacial score (nSPS) is 15.8. The number of furan rings is 1. The van der Waals surface area contributed by atoms with E-state index >= 15 is 0 Å². The minimum Gasteiger partial charge on any atom is -0.503 e. The van der Waals surface area contributed by atoms with Crippen molar-refractivity contribution in [1.29, 1.82) is 0 Å². The second-order valence-electron chi connectivity index (χ2n) is 7.95. The lowest BCUT2D eigenvalue weighted by Crippen LogP contribution is -2.31. The van der Waals surface area contributed by atoms with E-state index in [1.807, 2.05) is 0 Å². The van der Waals surface area contributed by atoms with Gasteiger partial charge >= 0.3 is 0 Å². The maximum Gasteiger partial charge on any atom is 0.294 e. The minimum absolute atomic E-state index is 0.192. The number of fused-ring (bicyclic) bond motifs is 1. The molecule has 0 saturated carbocycles. The molecule has 0 aliphatic carbocycles. The minimum atomic E-state index is -1.37. The molecule has 0 radical (unpaired) electrons. The van der Waals surface area contributed by atoms with Crippen LogP contribution in [-0.4, -0.2) is 23.9 Å². The first-order chi connectivity index (χ1) is 17.2. The molecule has 0 spiro atoms. The Morgan fingerprint density at radius 1 is 1.03 bits per heavy atom. The summed E-state index contributed by atoms with van der Waals surface area (Å²) in [5.74, 6) is -5.52. The van der Waals surface area contributed by atoms with Crippen LogP contribution in [0.5, 0.6) is 5.75 Å². The highest BCUT2D eigenvalue weighted by Crippen LogP contribution is 2.43. The third kappa shape index (κ3) is 3.77. The topological polar surface area (TPSA) is 80.0 Å². The number of carbonyl (C=O) groups excluding carboxylic acids is 2. The van der Waals surface area contributed by atoms with Gasteiger partial charge in [0, 0.05) is 22.5 Å². The van der Waals surface area contributed by atoms with Crippen molar-refractivity contribution in [3.8, 4) is 5.75 Å². The van der Waals surface area contributed by atoms with E-state index in [0.29, 0.717) is 16.5 Å². The smallest absolute Gasteiger partial charge is 0.294 e. The van der Waals surface area contributed by atoms with E-state index in [9.17, 15) is 27.9 Å². The lowest BCUT2D eigenvalue weighted by molar-refractivity contribution is -0.117. The summed E-state index contributed by atoms with van der Waals surface area (Å²) in [6.07, 6.45) is 0. The van der Waals surface area contributed by atoms with Gasteiger partial charge in [0.2, 0.25) is 5.78 Å². The van der Waals surface area contributed by atoms with Crippen molar-refractivity contribution >= 4 is 39.9 Å². The quantitative estimate of drug-likeness (QED) is 0.317. The number of aliphatic hydroxyl groups is 1. The van der Waals surface area contributed by atoms with Gasteiger partial charge in [0.15, 0.2) is 22.9 Å². The summed E-state index contributed by atoms with van der Waals surface area (Å²) >= 11 is 6.09. The third-order valence-corrected chi connectivity index (χ3v) is 6.02. The van der Waals surface area contributed by atoms with E-state index < -0.39 is 46.5 Å². The molecule has 3 aromatic carbocycles. The van der Waals surface area contributed by atoms with Crippen LogP contribution >= 0.6 is 11.6 Å². The Morgan fingerprint density at radius 3 is 2.39 bits per heavy atom. The number of anilines is 1. The van der Waals surface area contributed by atoms with Gasteiger partial charge in [-0.3, -0.25) is 14.5 Å². The van der Waals surface area contributed by atoms with Crippen LogP contribution in [0.25, 0.3) is 11.0 Å². The number of aliphatic hydroxyl groups excluding tert-OH is 1. The van der Waals surface area contributed by atoms with Gasteiger partial charge in [-0.1, -0.05) is 23.7 Å². The summed E-state index contributed by atoms with van der Waals surface area (Å²) in [6.45, 7) is 0. The number of nitrogens with zero attached hydrogens (tertiary/aromatic N) is 1. The van der Waals surface area contributed by atoms with Crippen LogP contribution < -0.4 is 9.64 Å². The van der Waals surface area contributed by atoms with Crippen LogP contribution in [0, 0.1) is 17.5 Å². The van der Waals surface area contributed by atoms with Crippen molar-refractivity contribution in [2.24, 2.45) is 0 Å². The number of halogens is 4. The highest BCUT2D eigenvalue weighted by Gasteiger charge is 2.46. The average molecular weight is 514 g/mol. The molecule has 1 aliphatic rings. The number of methoxy groups -OCH3 is 1. The standard InChI is InChI=1S/C26H15ClF3NO5/c1-35-20-10-14(27)8-13-9-19(36-25(13)20)23(32)21-22(12-2-4-15(28)5-3-12)31(26(34)24(21)33)18-7-6-16(29)11-17(18)30/h2-11,22,33H,1H3. The van der Waals surface area contributed by atoms with E-state index in [4.69, 9.17) is 20.8 Å². The molecule has 2 heterocycles. The fraction of sp³-hybridized carbons (Fsp3) is 0.0769. The fourth-order valence-electron chi connectivity index (χ4n) is 4.20. The first-order valence-electron chi connectivity index (χ1n) is 10.5. The van der Waals surface area contributed by atoms with Gasteiger partial charge in [0.25, 0.3) is 5.91 Å². The number of ketones is 1. The van der Waals surface area contributed by atoms with Crippen molar-refractivity contribution < 1.29 is 37.0 Å². The Bertz CT molecular complexity index is 1580. The lowest BCUT2D eigenvalue weighted by Gasteiger charge is -2.27. The summed E-state index contributed by atoms with van der Waals surface area (Å²) in [7, 11) is 1.39. The van der Waals surface area contributed by atoms with Gasteiger partial charge in [-0.15, -0.1) is 0 Å². The molecule has 1 aliphatic heterocycles. The number of amides is 1. The summed E-state index contributed by atoms with van der Waals surface area (Å²) in [6, 6.07) is 10.3. The first-order valence-corrected chi connectivity index (χ1v) is 10.9. The Hall–Kier alpha value is -4.24. The zero-order valence-corrected chi connectivity index (χ0v) is 19.1. The van der Waals surface area contributed by atoms with Crippen LogP contribution in [0.15, 0.2) is 76.4 Å². The van der Waals surface area contributed by atoms with Crippen LogP contribution in [0.4, 0.5) is 18.9 Å². The Labute approximate surface area is 206 Å². The molecule has 1 N–H and O–H groups in total. The molecule has 10 heteroatoms.